The second kappa shape index (κ2) is 8.41. The van der Waals surface area contributed by atoms with E-state index in [2.05, 4.69) is 36.3 Å². The molecule has 3 aromatic rings. The average molecular weight is 369 g/mol. The number of fused-ring (bicyclic) bond motifs is 1. The Morgan fingerprint density at radius 1 is 1.15 bits per heavy atom. The summed E-state index contributed by atoms with van der Waals surface area (Å²) in [6, 6.07) is 16.0. The van der Waals surface area contributed by atoms with Gasteiger partial charge in [-0.1, -0.05) is 55.8 Å². The van der Waals surface area contributed by atoms with E-state index in [0.29, 0.717) is 23.9 Å². The van der Waals surface area contributed by atoms with Gasteiger partial charge in [0.25, 0.3) is 0 Å². The van der Waals surface area contributed by atoms with Crippen LogP contribution in [0.1, 0.15) is 43.7 Å². The first-order chi connectivity index (χ1) is 12.5. The number of carbonyl (C=O) groups is 1. The Hall–Kier alpha value is -2.26. The summed E-state index contributed by atoms with van der Waals surface area (Å²) in [6.45, 7) is 5.03. The molecular formula is C22H25ClN2O. The van der Waals surface area contributed by atoms with Gasteiger partial charge in [0.1, 0.15) is 0 Å². The molecule has 2 aromatic carbocycles. The van der Waals surface area contributed by atoms with Crippen molar-refractivity contribution in [2.45, 2.75) is 32.6 Å². The van der Waals surface area contributed by atoms with Crippen LogP contribution in [-0.2, 0) is 4.79 Å². The number of nitrogens with one attached hydrogen (secondary N) is 2. The van der Waals surface area contributed by atoms with Gasteiger partial charge in [-0.25, -0.2) is 0 Å². The van der Waals surface area contributed by atoms with E-state index in [-0.39, 0.29) is 11.8 Å². The molecular weight excluding hydrogens is 344 g/mol. The van der Waals surface area contributed by atoms with Crippen molar-refractivity contribution in [2.75, 3.05) is 6.54 Å². The van der Waals surface area contributed by atoms with E-state index in [0.717, 1.165) is 28.5 Å². The molecule has 0 fully saturated rings. The predicted octanol–water partition coefficient (Wildman–Crippen LogP) is 5.51. The fourth-order valence-corrected chi connectivity index (χ4v) is 3.47. The Balaban J connectivity index is 1.89. The molecule has 3 rings (SSSR count). The molecule has 3 nitrogen and oxygen atoms in total. The minimum absolute atomic E-state index is 0.0381. The minimum atomic E-state index is -0.0381. The molecule has 1 aromatic heterocycles. The lowest BCUT2D eigenvalue weighted by Crippen LogP contribution is -2.27. The summed E-state index contributed by atoms with van der Waals surface area (Å²) >= 11 is 6.22. The van der Waals surface area contributed by atoms with Crippen LogP contribution in [0.2, 0.25) is 5.02 Å². The van der Waals surface area contributed by atoms with Crippen LogP contribution >= 0.6 is 11.6 Å². The Bertz CT molecular complexity index is 884. The van der Waals surface area contributed by atoms with E-state index in [1.807, 2.05) is 42.6 Å². The van der Waals surface area contributed by atoms with E-state index in [9.17, 15) is 4.79 Å². The number of rotatable bonds is 7. The predicted molar refractivity (Wildman–Crippen MR) is 109 cm³/mol. The summed E-state index contributed by atoms with van der Waals surface area (Å²) in [5, 5.41) is 4.89. The van der Waals surface area contributed by atoms with Crippen LogP contribution in [0, 0.1) is 5.92 Å². The molecule has 0 saturated heterocycles. The first kappa shape index (κ1) is 18.5. The molecule has 0 radical (unpaired) electrons. The van der Waals surface area contributed by atoms with Crippen molar-refractivity contribution < 1.29 is 4.79 Å². The van der Waals surface area contributed by atoms with Crippen LogP contribution in [0.5, 0.6) is 0 Å². The van der Waals surface area contributed by atoms with Crippen molar-refractivity contribution in [3.8, 4) is 0 Å². The molecule has 0 saturated carbocycles. The van der Waals surface area contributed by atoms with Gasteiger partial charge in [-0.05, 0) is 41.7 Å². The first-order valence-corrected chi connectivity index (χ1v) is 9.50. The van der Waals surface area contributed by atoms with Crippen LogP contribution in [0.25, 0.3) is 10.9 Å². The monoisotopic (exact) mass is 368 g/mol. The zero-order valence-corrected chi connectivity index (χ0v) is 16.0. The third-order valence-corrected chi connectivity index (χ3v) is 4.92. The van der Waals surface area contributed by atoms with Crippen LogP contribution < -0.4 is 5.32 Å². The zero-order valence-electron chi connectivity index (χ0n) is 15.3. The van der Waals surface area contributed by atoms with E-state index in [4.69, 9.17) is 11.6 Å². The molecule has 0 aliphatic carbocycles. The molecule has 1 amide bonds. The van der Waals surface area contributed by atoms with Crippen molar-refractivity contribution >= 4 is 28.4 Å². The largest absolute Gasteiger partial charge is 0.361 e. The fourth-order valence-electron chi connectivity index (χ4n) is 3.27. The molecule has 1 atom stereocenters. The molecule has 0 aliphatic heterocycles. The molecule has 4 heteroatoms. The fraction of sp³-hybridized carbons (Fsp3) is 0.318. The van der Waals surface area contributed by atoms with Gasteiger partial charge in [0.05, 0.1) is 0 Å². The molecule has 1 unspecified atom stereocenters. The zero-order chi connectivity index (χ0) is 18.5. The summed E-state index contributed by atoms with van der Waals surface area (Å²) in [6.07, 6.45) is 3.40. The summed E-state index contributed by atoms with van der Waals surface area (Å²) in [4.78, 5) is 15.9. The van der Waals surface area contributed by atoms with E-state index in [1.54, 1.807) is 0 Å². The van der Waals surface area contributed by atoms with Gasteiger partial charge >= 0.3 is 0 Å². The summed E-state index contributed by atoms with van der Waals surface area (Å²) in [7, 11) is 0. The van der Waals surface area contributed by atoms with Crippen molar-refractivity contribution in [3.63, 3.8) is 0 Å². The Kier molecular flexibility index (Phi) is 6.00. The quantitative estimate of drug-likeness (QED) is 0.567. The number of carbonyl (C=O) groups excluding carboxylic acids is 1. The lowest BCUT2D eigenvalue weighted by atomic mass is 9.88. The van der Waals surface area contributed by atoms with Gasteiger partial charge in [-0.15, -0.1) is 0 Å². The average Bonchev–Trinajstić information content (AvgIpc) is 3.03. The standard InChI is InChI=1S/C22H25ClN2O/c1-15(2)10-11-24-22(26)13-19(16-6-5-7-17(23)12-16)20-14-25-21-9-4-3-8-18(20)21/h3-9,12,14-15,19,25H,10-11,13H2,1-2H3,(H,24,26). The Morgan fingerprint density at radius 2 is 1.96 bits per heavy atom. The lowest BCUT2D eigenvalue weighted by Gasteiger charge is -2.18. The maximum absolute atomic E-state index is 12.6. The van der Waals surface area contributed by atoms with E-state index < -0.39 is 0 Å². The van der Waals surface area contributed by atoms with Crippen LogP contribution in [0.15, 0.2) is 54.7 Å². The van der Waals surface area contributed by atoms with Crippen LogP contribution in [-0.4, -0.2) is 17.4 Å². The molecule has 2 N–H and O–H groups in total. The summed E-state index contributed by atoms with van der Waals surface area (Å²) in [5.41, 5.74) is 3.26. The number of H-pyrrole nitrogens is 1. The second-order valence-corrected chi connectivity index (χ2v) is 7.57. The Morgan fingerprint density at radius 3 is 2.73 bits per heavy atom. The van der Waals surface area contributed by atoms with Gasteiger partial charge < -0.3 is 10.3 Å². The van der Waals surface area contributed by atoms with Crippen LogP contribution in [0.3, 0.4) is 0 Å². The van der Waals surface area contributed by atoms with Crippen molar-refractivity contribution in [1.29, 1.82) is 0 Å². The number of aromatic nitrogens is 1. The number of benzene rings is 2. The number of hydrogen-bond acceptors (Lipinski definition) is 1. The number of para-hydroxylation sites is 1. The smallest absolute Gasteiger partial charge is 0.220 e. The molecule has 0 spiro atoms. The minimum Gasteiger partial charge on any atom is -0.361 e. The third kappa shape index (κ3) is 4.47. The number of hydrogen-bond donors (Lipinski definition) is 2. The Labute approximate surface area is 159 Å². The molecule has 136 valence electrons. The van der Waals surface area contributed by atoms with Gasteiger partial charge in [-0.3, -0.25) is 4.79 Å². The maximum Gasteiger partial charge on any atom is 0.220 e. The number of aromatic amines is 1. The van der Waals surface area contributed by atoms with Gasteiger partial charge in [0, 0.05) is 41.0 Å². The van der Waals surface area contributed by atoms with E-state index in [1.165, 1.54) is 0 Å². The highest BCUT2D eigenvalue weighted by molar-refractivity contribution is 6.30. The number of halogens is 1. The number of amides is 1. The summed E-state index contributed by atoms with van der Waals surface area (Å²) in [5.74, 6) is 0.609. The molecule has 1 heterocycles. The maximum atomic E-state index is 12.6. The highest BCUT2D eigenvalue weighted by Crippen LogP contribution is 2.34. The third-order valence-electron chi connectivity index (χ3n) is 4.68. The lowest BCUT2D eigenvalue weighted by molar-refractivity contribution is -0.121. The molecule has 0 bridgehead atoms. The van der Waals surface area contributed by atoms with Crippen LogP contribution in [0.4, 0.5) is 0 Å². The highest BCUT2D eigenvalue weighted by atomic mass is 35.5. The molecule has 0 aliphatic rings. The van der Waals surface area contributed by atoms with Crippen molar-refractivity contribution in [3.05, 3.63) is 70.9 Å². The molecule has 26 heavy (non-hydrogen) atoms. The normalized spacial score (nSPS) is 12.5. The van der Waals surface area contributed by atoms with Gasteiger partial charge in [0.2, 0.25) is 5.91 Å². The van der Waals surface area contributed by atoms with Crippen molar-refractivity contribution in [2.24, 2.45) is 5.92 Å². The topological polar surface area (TPSA) is 44.9 Å². The SMILES string of the molecule is CC(C)CCNC(=O)CC(c1cccc(Cl)c1)c1c[nH]c2ccccc12. The second-order valence-electron chi connectivity index (χ2n) is 7.13. The first-order valence-electron chi connectivity index (χ1n) is 9.12. The van der Waals surface area contributed by atoms with Gasteiger partial charge in [0.15, 0.2) is 0 Å². The van der Waals surface area contributed by atoms with Crippen molar-refractivity contribution in [1.82, 2.24) is 10.3 Å². The highest BCUT2D eigenvalue weighted by Gasteiger charge is 2.21. The van der Waals surface area contributed by atoms with Gasteiger partial charge in [-0.2, -0.15) is 0 Å². The summed E-state index contributed by atoms with van der Waals surface area (Å²) < 4.78 is 0. The van der Waals surface area contributed by atoms with E-state index >= 15 is 0 Å².